The maximum Gasteiger partial charge on any atom is 0.248 e. The van der Waals surface area contributed by atoms with Gasteiger partial charge in [-0.05, 0) is 32.9 Å². The van der Waals surface area contributed by atoms with E-state index >= 15 is 0 Å². The molecule has 0 spiro atoms. The molecular formula is C17H27N3O3. The number of rotatable bonds is 5. The van der Waals surface area contributed by atoms with Gasteiger partial charge in [0.25, 0.3) is 0 Å². The minimum Gasteiger partial charge on any atom is -0.369 e. The Morgan fingerprint density at radius 3 is 2.87 bits per heavy atom. The molecule has 1 aliphatic rings. The molecule has 1 amide bonds. The van der Waals surface area contributed by atoms with E-state index < -0.39 is 0 Å². The summed E-state index contributed by atoms with van der Waals surface area (Å²) in [7, 11) is 3.44. The van der Waals surface area contributed by atoms with E-state index in [0.717, 1.165) is 18.1 Å². The monoisotopic (exact) mass is 321 g/mol. The largest absolute Gasteiger partial charge is 0.369 e. The van der Waals surface area contributed by atoms with Gasteiger partial charge in [-0.25, -0.2) is 4.98 Å². The predicted octanol–water partition coefficient (Wildman–Crippen LogP) is 1.48. The number of likely N-dealkylation sites (N-methyl/N-ethyl adjacent to an activating group) is 1. The zero-order chi connectivity index (χ0) is 17.0. The lowest BCUT2D eigenvalue weighted by atomic mass is 10.1. The molecule has 0 N–H and O–H groups in total. The molecule has 128 valence electrons. The van der Waals surface area contributed by atoms with Crippen molar-refractivity contribution < 1.29 is 14.3 Å². The lowest BCUT2D eigenvalue weighted by Gasteiger charge is -2.43. The third-order valence-electron chi connectivity index (χ3n) is 3.71. The highest BCUT2D eigenvalue weighted by atomic mass is 16.5. The van der Waals surface area contributed by atoms with E-state index in [1.807, 2.05) is 25.1 Å². The summed E-state index contributed by atoms with van der Waals surface area (Å²) < 4.78 is 11.6. The van der Waals surface area contributed by atoms with Gasteiger partial charge in [-0.1, -0.05) is 6.07 Å². The van der Waals surface area contributed by atoms with Crippen molar-refractivity contribution in [3.8, 4) is 0 Å². The SMILES string of the molecule is Cc1cccc(N2C[C@@H](COCC(=O)N(C)C)OC(C)(C)C2)n1. The van der Waals surface area contributed by atoms with Crippen LogP contribution >= 0.6 is 0 Å². The number of amides is 1. The molecule has 0 aromatic carbocycles. The number of nitrogens with zero attached hydrogens (tertiary/aromatic N) is 3. The van der Waals surface area contributed by atoms with Gasteiger partial charge < -0.3 is 19.3 Å². The van der Waals surface area contributed by atoms with Crippen molar-refractivity contribution in [2.24, 2.45) is 0 Å². The number of hydrogen-bond donors (Lipinski definition) is 0. The molecule has 6 nitrogen and oxygen atoms in total. The number of carbonyl (C=O) groups excluding carboxylic acids is 1. The van der Waals surface area contributed by atoms with Crippen LogP contribution in [0.1, 0.15) is 19.5 Å². The Labute approximate surface area is 138 Å². The van der Waals surface area contributed by atoms with Crippen LogP contribution in [-0.2, 0) is 14.3 Å². The van der Waals surface area contributed by atoms with E-state index in [1.165, 1.54) is 4.90 Å². The smallest absolute Gasteiger partial charge is 0.248 e. The van der Waals surface area contributed by atoms with Crippen molar-refractivity contribution in [2.45, 2.75) is 32.5 Å². The highest BCUT2D eigenvalue weighted by Gasteiger charge is 2.34. The summed E-state index contributed by atoms with van der Waals surface area (Å²) in [5.74, 6) is 0.910. The molecular weight excluding hydrogens is 294 g/mol. The standard InChI is InChI=1S/C17H27N3O3/c1-13-7-6-8-15(18-13)20-9-14(23-17(2,3)12-20)10-22-11-16(21)19(4)5/h6-8,14H,9-12H2,1-5H3/t14-/m0/s1. The van der Waals surface area contributed by atoms with Crippen LogP contribution in [0.25, 0.3) is 0 Å². The molecule has 0 unspecified atom stereocenters. The van der Waals surface area contributed by atoms with Crippen molar-refractivity contribution in [3.63, 3.8) is 0 Å². The third kappa shape index (κ3) is 5.18. The molecule has 6 heteroatoms. The lowest BCUT2D eigenvalue weighted by molar-refractivity contribution is -0.139. The fourth-order valence-corrected chi connectivity index (χ4v) is 2.67. The molecule has 2 rings (SSSR count). The molecule has 2 heterocycles. The van der Waals surface area contributed by atoms with Gasteiger partial charge in [0.2, 0.25) is 5.91 Å². The fourth-order valence-electron chi connectivity index (χ4n) is 2.67. The molecule has 1 aromatic heterocycles. The zero-order valence-corrected chi connectivity index (χ0v) is 14.7. The highest BCUT2D eigenvalue weighted by Crippen LogP contribution is 2.25. The first-order valence-electron chi connectivity index (χ1n) is 7.91. The quantitative estimate of drug-likeness (QED) is 0.822. The molecule has 0 saturated carbocycles. The average molecular weight is 321 g/mol. The summed E-state index contributed by atoms with van der Waals surface area (Å²) in [6, 6.07) is 6.02. The van der Waals surface area contributed by atoms with E-state index in [2.05, 4.69) is 23.7 Å². The Bertz CT molecular complexity index is 546. The highest BCUT2D eigenvalue weighted by molar-refractivity contribution is 5.76. The van der Waals surface area contributed by atoms with E-state index in [-0.39, 0.29) is 24.2 Å². The minimum absolute atomic E-state index is 0.0442. The van der Waals surface area contributed by atoms with Gasteiger partial charge in [-0.2, -0.15) is 0 Å². The first kappa shape index (κ1) is 17.7. The van der Waals surface area contributed by atoms with Crippen LogP contribution in [0.15, 0.2) is 18.2 Å². The van der Waals surface area contributed by atoms with Gasteiger partial charge in [-0.15, -0.1) is 0 Å². The second-order valence-electron chi connectivity index (χ2n) is 6.82. The number of carbonyl (C=O) groups is 1. The first-order chi connectivity index (χ1) is 10.8. The Balaban J connectivity index is 1.97. The van der Waals surface area contributed by atoms with Gasteiger partial charge >= 0.3 is 0 Å². The second-order valence-corrected chi connectivity index (χ2v) is 6.82. The van der Waals surface area contributed by atoms with E-state index in [4.69, 9.17) is 9.47 Å². The fraction of sp³-hybridized carbons (Fsp3) is 0.647. The van der Waals surface area contributed by atoms with Crippen LogP contribution in [0, 0.1) is 6.92 Å². The predicted molar refractivity (Wildman–Crippen MR) is 89.7 cm³/mol. The molecule has 1 fully saturated rings. The molecule has 1 atom stereocenters. The normalized spacial score (nSPS) is 20.4. The van der Waals surface area contributed by atoms with Gasteiger partial charge in [-0.3, -0.25) is 4.79 Å². The number of pyridine rings is 1. The summed E-state index contributed by atoms with van der Waals surface area (Å²) in [6.45, 7) is 8.07. The van der Waals surface area contributed by atoms with Crippen molar-refractivity contribution in [2.75, 3.05) is 45.3 Å². The molecule has 1 saturated heterocycles. The maximum atomic E-state index is 11.6. The number of anilines is 1. The van der Waals surface area contributed by atoms with Crippen molar-refractivity contribution in [1.82, 2.24) is 9.88 Å². The first-order valence-corrected chi connectivity index (χ1v) is 7.91. The number of ether oxygens (including phenoxy) is 2. The molecule has 0 bridgehead atoms. The second kappa shape index (κ2) is 7.27. The summed E-state index contributed by atoms with van der Waals surface area (Å²) >= 11 is 0. The molecule has 0 radical (unpaired) electrons. The number of aryl methyl sites for hydroxylation is 1. The maximum absolute atomic E-state index is 11.6. The number of morpholine rings is 1. The third-order valence-corrected chi connectivity index (χ3v) is 3.71. The number of aromatic nitrogens is 1. The Morgan fingerprint density at radius 2 is 2.22 bits per heavy atom. The van der Waals surface area contributed by atoms with Crippen LogP contribution in [-0.4, -0.2) is 67.9 Å². The van der Waals surface area contributed by atoms with Gasteiger partial charge in [0.05, 0.1) is 18.3 Å². The number of hydrogen-bond acceptors (Lipinski definition) is 5. The molecule has 23 heavy (non-hydrogen) atoms. The summed E-state index contributed by atoms with van der Waals surface area (Å²) in [5, 5.41) is 0. The van der Waals surface area contributed by atoms with Crippen LogP contribution in [0.3, 0.4) is 0 Å². The van der Waals surface area contributed by atoms with Gasteiger partial charge in [0.15, 0.2) is 0 Å². The molecule has 0 aliphatic carbocycles. The van der Waals surface area contributed by atoms with Crippen molar-refractivity contribution in [1.29, 1.82) is 0 Å². The lowest BCUT2D eigenvalue weighted by Crippen LogP contribution is -2.54. The van der Waals surface area contributed by atoms with E-state index in [0.29, 0.717) is 13.2 Å². The molecule has 1 aliphatic heterocycles. The average Bonchev–Trinajstić information content (AvgIpc) is 2.45. The van der Waals surface area contributed by atoms with Crippen LogP contribution < -0.4 is 4.90 Å². The van der Waals surface area contributed by atoms with Gasteiger partial charge in [0.1, 0.15) is 12.4 Å². The summed E-state index contributed by atoms with van der Waals surface area (Å²) in [6.07, 6.45) is -0.0870. The Hall–Kier alpha value is -1.66. The Kier molecular flexibility index (Phi) is 5.59. The van der Waals surface area contributed by atoms with Crippen LogP contribution in [0.4, 0.5) is 5.82 Å². The summed E-state index contributed by atoms with van der Waals surface area (Å²) in [4.78, 5) is 19.9. The van der Waals surface area contributed by atoms with Crippen molar-refractivity contribution in [3.05, 3.63) is 23.9 Å². The van der Waals surface area contributed by atoms with Crippen LogP contribution in [0.2, 0.25) is 0 Å². The van der Waals surface area contributed by atoms with E-state index in [1.54, 1.807) is 14.1 Å². The summed E-state index contributed by atoms with van der Waals surface area (Å²) in [5.41, 5.74) is 0.708. The zero-order valence-electron chi connectivity index (χ0n) is 14.7. The van der Waals surface area contributed by atoms with Crippen molar-refractivity contribution >= 4 is 11.7 Å². The Morgan fingerprint density at radius 1 is 1.48 bits per heavy atom. The van der Waals surface area contributed by atoms with E-state index in [9.17, 15) is 4.79 Å². The topological polar surface area (TPSA) is 54.9 Å². The minimum atomic E-state index is -0.288. The molecule has 1 aromatic rings. The van der Waals surface area contributed by atoms with Gasteiger partial charge in [0, 0.05) is 32.9 Å². The van der Waals surface area contributed by atoms with Crippen LogP contribution in [0.5, 0.6) is 0 Å².